The molecule has 42 heavy (non-hydrogen) atoms. The number of halogens is 1. The van der Waals surface area contributed by atoms with Crippen molar-refractivity contribution >= 4 is 33.8 Å². The summed E-state index contributed by atoms with van der Waals surface area (Å²) in [6.45, 7) is 2.14. The fourth-order valence-corrected chi connectivity index (χ4v) is 6.81. The molecule has 6 aromatic rings. The van der Waals surface area contributed by atoms with Crippen LogP contribution < -0.4 is 4.74 Å². The van der Waals surface area contributed by atoms with Gasteiger partial charge in [0.25, 0.3) is 0 Å². The van der Waals surface area contributed by atoms with Gasteiger partial charge in [-0.1, -0.05) is 103 Å². The summed E-state index contributed by atoms with van der Waals surface area (Å²) in [6.07, 6.45) is 8.53. The van der Waals surface area contributed by atoms with Crippen LogP contribution in [-0.2, 0) is 0 Å². The van der Waals surface area contributed by atoms with Crippen molar-refractivity contribution in [1.82, 2.24) is 19.9 Å². The lowest BCUT2D eigenvalue weighted by Crippen LogP contribution is -2.32. The number of hydrogen-bond donors (Lipinski definition) is 1. The van der Waals surface area contributed by atoms with E-state index < -0.39 is 5.60 Å². The number of aromatic nitrogens is 4. The number of allylic oxidation sites excluding steroid dienone is 2. The molecule has 0 saturated carbocycles. The molecule has 2 atom stereocenters. The van der Waals surface area contributed by atoms with Gasteiger partial charge in [-0.15, -0.1) is 0 Å². The minimum absolute atomic E-state index is 0.0714. The van der Waals surface area contributed by atoms with Crippen molar-refractivity contribution in [3.8, 4) is 50.9 Å². The van der Waals surface area contributed by atoms with Crippen LogP contribution in [0.25, 0.3) is 56.3 Å². The van der Waals surface area contributed by atoms with E-state index in [0.29, 0.717) is 11.5 Å². The molecule has 2 aromatic heterocycles. The molecular weight excluding hydrogens is 631 g/mol. The van der Waals surface area contributed by atoms with Crippen LogP contribution in [0.5, 0.6) is 5.75 Å². The number of rotatable bonds is 4. The van der Waals surface area contributed by atoms with E-state index in [1.807, 2.05) is 36.4 Å². The largest absolute Gasteiger partial charge is 0.482 e. The average Bonchev–Trinajstić information content (AvgIpc) is 3.59. The van der Waals surface area contributed by atoms with E-state index in [1.165, 1.54) is 9.13 Å². The van der Waals surface area contributed by atoms with Crippen molar-refractivity contribution in [2.75, 3.05) is 0 Å². The highest BCUT2D eigenvalue weighted by Gasteiger charge is 2.44. The van der Waals surface area contributed by atoms with E-state index in [0.717, 1.165) is 50.6 Å². The van der Waals surface area contributed by atoms with Crippen molar-refractivity contribution in [1.29, 1.82) is 0 Å². The third-order valence-electron chi connectivity index (χ3n) is 8.15. The minimum Gasteiger partial charge on any atom is -0.482 e. The highest BCUT2D eigenvalue weighted by atomic mass is 127. The van der Waals surface area contributed by atoms with Gasteiger partial charge in [-0.05, 0) is 58.9 Å². The van der Waals surface area contributed by atoms with Gasteiger partial charge in [-0.3, -0.25) is 0 Å². The molecule has 1 N–H and O–H groups in total. The van der Waals surface area contributed by atoms with Crippen LogP contribution in [0.15, 0.2) is 121 Å². The number of H-pyrrole nitrogens is 1. The van der Waals surface area contributed by atoms with Crippen molar-refractivity contribution in [3.63, 3.8) is 0 Å². The molecule has 1 aliphatic carbocycles. The van der Waals surface area contributed by atoms with Crippen molar-refractivity contribution in [2.24, 2.45) is 0 Å². The molecule has 0 spiro atoms. The van der Waals surface area contributed by atoms with E-state index in [4.69, 9.17) is 19.7 Å². The molecule has 2 aliphatic rings. The molecule has 3 heterocycles. The predicted molar refractivity (Wildman–Crippen MR) is 176 cm³/mol. The van der Waals surface area contributed by atoms with Crippen molar-refractivity contribution < 1.29 is 4.74 Å². The maximum atomic E-state index is 6.53. The highest BCUT2D eigenvalue weighted by Crippen LogP contribution is 2.51. The highest BCUT2D eigenvalue weighted by molar-refractivity contribution is 14.1. The van der Waals surface area contributed by atoms with Gasteiger partial charge in [0.1, 0.15) is 28.4 Å². The molecule has 0 saturated heterocycles. The van der Waals surface area contributed by atoms with E-state index >= 15 is 0 Å². The fourth-order valence-electron chi connectivity index (χ4n) is 6.13. The zero-order valence-corrected chi connectivity index (χ0v) is 24.9. The summed E-state index contributed by atoms with van der Waals surface area (Å²) in [5.41, 5.74) is 8.21. The summed E-state index contributed by atoms with van der Waals surface area (Å²) in [7, 11) is 0. The van der Waals surface area contributed by atoms with Gasteiger partial charge in [0.05, 0.1) is 0 Å². The van der Waals surface area contributed by atoms with Crippen LogP contribution in [0.1, 0.15) is 18.4 Å². The number of fused-ring (bicyclic) bond motifs is 4. The first-order chi connectivity index (χ1) is 20.6. The number of hydrogen-bond acceptors (Lipinski definition) is 4. The fraction of sp³-hybridized carbons (Fsp3) is 0.0833. The Morgan fingerprint density at radius 1 is 0.738 bits per heavy atom. The van der Waals surface area contributed by atoms with Gasteiger partial charge < -0.3 is 9.72 Å². The normalized spacial score (nSPS) is 18.6. The summed E-state index contributed by atoms with van der Waals surface area (Å²) in [4.78, 5) is 18.9. The summed E-state index contributed by atoms with van der Waals surface area (Å²) in [5, 5.41) is 0. The minimum atomic E-state index is -0.438. The zero-order chi connectivity index (χ0) is 28.3. The number of aromatic amines is 1. The first kappa shape index (κ1) is 25.2. The first-order valence-corrected chi connectivity index (χ1v) is 15.0. The second-order valence-electron chi connectivity index (χ2n) is 10.8. The Morgan fingerprint density at radius 3 is 2.31 bits per heavy atom. The Balaban J connectivity index is 1.38. The number of imidazole rings is 1. The summed E-state index contributed by atoms with van der Waals surface area (Å²) in [5.74, 6) is 2.35. The Morgan fingerprint density at radius 2 is 1.48 bits per heavy atom. The average molecular weight is 657 g/mol. The van der Waals surface area contributed by atoms with Gasteiger partial charge in [-0.2, -0.15) is 0 Å². The molecule has 202 valence electrons. The second-order valence-corrected chi connectivity index (χ2v) is 12.0. The Labute approximate surface area is 257 Å². The van der Waals surface area contributed by atoms with Gasteiger partial charge in [0, 0.05) is 31.7 Å². The maximum Gasteiger partial charge on any atom is 0.182 e. The Bertz CT molecular complexity index is 2060. The van der Waals surface area contributed by atoms with Gasteiger partial charge in [0.15, 0.2) is 11.5 Å². The van der Waals surface area contributed by atoms with Gasteiger partial charge in [0.2, 0.25) is 0 Å². The first-order valence-electron chi connectivity index (χ1n) is 13.9. The second kappa shape index (κ2) is 9.77. The summed E-state index contributed by atoms with van der Waals surface area (Å²) < 4.78 is 7.71. The standard InChI is InChI=1S/C36H25IN4O/c1-36-21-10-9-18-27(36)30-26(17-11-20-29(30)42-36)31-32-35(40-33(38-31)22-12-3-2-4-13-22)41-34(39-32)25-16-6-5-14-23(25)24-15-7-8-19-28(24)37/h2-21,27H,1H3,(H,38,39,40,41). The maximum absolute atomic E-state index is 6.53. The number of nitrogens with one attached hydrogen (secondary N) is 1. The van der Waals surface area contributed by atoms with Crippen LogP contribution in [0.3, 0.4) is 0 Å². The molecule has 8 rings (SSSR count). The third kappa shape index (κ3) is 4.01. The Hall–Kier alpha value is -4.56. The van der Waals surface area contributed by atoms with Crippen molar-refractivity contribution in [3.05, 3.63) is 130 Å². The molecule has 4 aromatic carbocycles. The topological polar surface area (TPSA) is 63.7 Å². The molecule has 1 aliphatic heterocycles. The summed E-state index contributed by atoms with van der Waals surface area (Å²) >= 11 is 2.40. The van der Waals surface area contributed by atoms with Crippen LogP contribution in [0.4, 0.5) is 0 Å². The van der Waals surface area contributed by atoms with Gasteiger partial charge in [-0.25, -0.2) is 15.0 Å². The van der Waals surface area contributed by atoms with Crippen molar-refractivity contribution in [2.45, 2.75) is 18.4 Å². The summed E-state index contributed by atoms with van der Waals surface area (Å²) in [6, 6.07) is 33.1. The predicted octanol–water partition coefficient (Wildman–Crippen LogP) is 8.99. The molecule has 0 bridgehead atoms. The van der Waals surface area contributed by atoms with E-state index in [-0.39, 0.29) is 5.92 Å². The monoisotopic (exact) mass is 656 g/mol. The lowest BCUT2D eigenvalue weighted by molar-refractivity contribution is 0.155. The van der Waals surface area contributed by atoms with Crippen LogP contribution in [0.2, 0.25) is 0 Å². The molecule has 0 fully saturated rings. The molecule has 5 nitrogen and oxygen atoms in total. The lowest BCUT2D eigenvalue weighted by atomic mass is 9.80. The van der Waals surface area contributed by atoms with Crippen LogP contribution >= 0.6 is 22.6 Å². The third-order valence-corrected chi connectivity index (χ3v) is 9.09. The molecule has 0 radical (unpaired) electrons. The van der Waals surface area contributed by atoms with E-state index in [9.17, 15) is 0 Å². The Kier molecular flexibility index (Phi) is 5.86. The van der Waals surface area contributed by atoms with E-state index in [2.05, 4.69) is 119 Å². The van der Waals surface area contributed by atoms with Crippen LogP contribution in [0, 0.1) is 3.57 Å². The number of nitrogens with zero attached hydrogens (tertiary/aromatic N) is 3. The van der Waals surface area contributed by atoms with Gasteiger partial charge >= 0.3 is 0 Å². The molecule has 0 amide bonds. The number of ether oxygens (including phenoxy) is 1. The quantitative estimate of drug-likeness (QED) is 0.193. The molecule has 2 unspecified atom stereocenters. The van der Waals surface area contributed by atoms with Crippen LogP contribution in [-0.4, -0.2) is 25.5 Å². The zero-order valence-electron chi connectivity index (χ0n) is 22.8. The smallest absolute Gasteiger partial charge is 0.182 e. The SMILES string of the molecule is CC12C=CC=CC1c1c(cccc1-c1nc(-c3ccccc3)nc3nc(-c4ccccc4-c4ccccc4I)[nH]c13)O2. The molecule has 6 heteroatoms. The van der Waals surface area contributed by atoms with E-state index in [1.54, 1.807) is 0 Å². The number of benzene rings is 4. The molecular formula is C36H25IN4O. The lowest BCUT2D eigenvalue weighted by Gasteiger charge is -2.27.